The third-order valence-corrected chi connectivity index (χ3v) is 3.11. The molecule has 1 aliphatic rings. The second-order valence-electron chi connectivity index (χ2n) is 4.48. The zero-order valence-corrected chi connectivity index (χ0v) is 10.6. The van der Waals surface area contributed by atoms with Crippen molar-refractivity contribution in [2.75, 3.05) is 33.4 Å². The fourth-order valence-corrected chi connectivity index (χ4v) is 2.12. The fraction of sp³-hybridized carbons (Fsp3) is 0.500. The Balaban J connectivity index is 2.00. The van der Waals surface area contributed by atoms with Crippen LogP contribution in [-0.2, 0) is 16.0 Å². The van der Waals surface area contributed by atoms with Gasteiger partial charge in [-0.25, -0.2) is 0 Å². The maximum absolute atomic E-state index is 8.89. The smallest absolute Gasteiger partial charge is 0.0991 e. The third kappa shape index (κ3) is 3.54. The van der Waals surface area contributed by atoms with Crippen molar-refractivity contribution in [2.24, 2.45) is 0 Å². The van der Waals surface area contributed by atoms with Crippen LogP contribution in [0.25, 0.3) is 0 Å². The number of nitrogens with zero attached hydrogens (tertiary/aromatic N) is 2. The molecule has 2 rings (SSSR count). The van der Waals surface area contributed by atoms with E-state index in [9.17, 15) is 0 Å². The molecule has 1 saturated heterocycles. The Hall–Kier alpha value is -1.41. The minimum Gasteiger partial charge on any atom is -0.378 e. The molecule has 0 aromatic heterocycles. The van der Waals surface area contributed by atoms with Gasteiger partial charge in [0.1, 0.15) is 0 Å². The number of benzene rings is 1. The number of nitriles is 1. The van der Waals surface area contributed by atoms with Crippen molar-refractivity contribution in [3.05, 3.63) is 35.4 Å². The molecule has 0 saturated carbocycles. The summed E-state index contributed by atoms with van der Waals surface area (Å²) in [5.74, 6) is 0. The van der Waals surface area contributed by atoms with Crippen molar-refractivity contribution in [3.8, 4) is 6.07 Å². The van der Waals surface area contributed by atoms with E-state index < -0.39 is 0 Å². The van der Waals surface area contributed by atoms with Crippen LogP contribution in [0.15, 0.2) is 24.3 Å². The second kappa shape index (κ2) is 6.50. The monoisotopic (exact) mass is 246 g/mol. The summed E-state index contributed by atoms with van der Waals surface area (Å²) < 4.78 is 10.9. The van der Waals surface area contributed by atoms with Gasteiger partial charge in [-0.1, -0.05) is 12.1 Å². The molecule has 4 heteroatoms. The van der Waals surface area contributed by atoms with E-state index in [0.717, 1.165) is 31.8 Å². The molecule has 1 fully saturated rings. The summed E-state index contributed by atoms with van der Waals surface area (Å²) in [7, 11) is 1.72. The van der Waals surface area contributed by atoms with Crippen molar-refractivity contribution in [3.63, 3.8) is 0 Å². The van der Waals surface area contributed by atoms with Gasteiger partial charge in [0, 0.05) is 26.7 Å². The highest BCUT2D eigenvalue weighted by atomic mass is 16.5. The van der Waals surface area contributed by atoms with Crippen LogP contribution in [0.5, 0.6) is 0 Å². The summed E-state index contributed by atoms with van der Waals surface area (Å²) in [6, 6.07) is 9.91. The molecule has 0 aliphatic carbocycles. The Morgan fingerprint density at radius 3 is 3.22 bits per heavy atom. The zero-order chi connectivity index (χ0) is 12.8. The van der Waals surface area contributed by atoms with Crippen LogP contribution in [0.4, 0.5) is 0 Å². The quantitative estimate of drug-likeness (QED) is 0.809. The molecule has 1 aliphatic heterocycles. The van der Waals surface area contributed by atoms with Crippen LogP contribution >= 0.6 is 0 Å². The summed E-state index contributed by atoms with van der Waals surface area (Å²) in [6.07, 6.45) is 0.131. The number of methoxy groups -OCH3 is 1. The molecule has 4 nitrogen and oxygen atoms in total. The molecule has 0 bridgehead atoms. The number of hydrogen-bond donors (Lipinski definition) is 0. The minimum atomic E-state index is 0.131. The lowest BCUT2D eigenvalue weighted by Crippen LogP contribution is -2.33. The molecular weight excluding hydrogens is 228 g/mol. The fourth-order valence-electron chi connectivity index (χ4n) is 2.12. The first-order chi connectivity index (χ1) is 8.81. The summed E-state index contributed by atoms with van der Waals surface area (Å²) in [6.45, 7) is 3.99. The Bertz CT molecular complexity index is 428. The Kier molecular flexibility index (Phi) is 4.71. The van der Waals surface area contributed by atoms with Crippen molar-refractivity contribution in [1.29, 1.82) is 5.26 Å². The van der Waals surface area contributed by atoms with Crippen LogP contribution < -0.4 is 0 Å². The van der Waals surface area contributed by atoms with Crippen LogP contribution in [0.2, 0.25) is 0 Å². The van der Waals surface area contributed by atoms with Gasteiger partial charge in [0.15, 0.2) is 0 Å². The highest BCUT2D eigenvalue weighted by Crippen LogP contribution is 2.10. The molecule has 0 N–H and O–H groups in total. The number of hydrogen-bond acceptors (Lipinski definition) is 4. The van der Waals surface area contributed by atoms with Crippen LogP contribution in [0, 0.1) is 11.3 Å². The van der Waals surface area contributed by atoms with Crippen molar-refractivity contribution < 1.29 is 9.47 Å². The Labute approximate surface area is 108 Å². The van der Waals surface area contributed by atoms with Gasteiger partial charge >= 0.3 is 0 Å². The first kappa shape index (κ1) is 13.0. The van der Waals surface area contributed by atoms with E-state index in [-0.39, 0.29) is 6.10 Å². The highest BCUT2D eigenvalue weighted by Gasteiger charge is 2.18. The van der Waals surface area contributed by atoms with Gasteiger partial charge in [-0.3, -0.25) is 4.90 Å². The molecule has 1 heterocycles. The van der Waals surface area contributed by atoms with Gasteiger partial charge in [0.25, 0.3) is 0 Å². The Morgan fingerprint density at radius 1 is 1.56 bits per heavy atom. The van der Waals surface area contributed by atoms with Crippen LogP contribution in [0.3, 0.4) is 0 Å². The van der Waals surface area contributed by atoms with E-state index in [1.165, 1.54) is 0 Å². The summed E-state index contributed by atoms with van der Waals surface area (Å²) in [5.41, 5.74) is 1.87. The van der Waals surface area contributed by atoms with E-state index in [2.05, 4.69) is 11.0 Å². The zero-order valence-electron chi connectivity index (χ0n) is 10.6. The molecule has 18 heavy (non-hydrogen) atoms. The standard InChI is InChI=1S/C14H18N2O2/c1-17-14-10-16(5-6-18-11-14)9-13-4-2-3-12(7-13)8-15/h2-4,7,14H,5-6,9-11H2,1H3/t14-/m1/s1. The van der Waals surface area contributed by atoms with E-state index in [4.69, 9.17) is 14.7 Å². The van der Waals surface area contributed by atoms with Gasteiger partial charge in [0.05, 0.1) is 31.0 Å². The van der Waals surface area contributed by atoms with Crippen LogP contribution in [0.1, 0.15) is 11.1 Å². The minimum absolute atomic E-state index is 0.131. The topological polar surface area (TPSA) is 45.5 Å². The van der Waals surface area contributed by atoms with Crippen LogP contribution in [-0.4, -0.2) is 44.4 Å². The summed E-state index contributed by atoms with van der Waals surface area (Å²) in [4.78, 5) is 2.30. The van der Waals surface area contributed by atoms with E-state index in [1.807, 2.05) is 24.3 Å². The molecule has 1 aromatic carbocycles. The Morgan fingerprint density at radius 2 is 2.44 bits per heavy atom. The molecule has 96 valence electrons. The molecule has 0 radical (unpaired) electrons. The van der Waals surface area contributed by atoms with Crippen molar-refractivity contribution in [2.45, 2.75) is 12.6 Å². The highest BCUT2D eigenvalue weighted by molar-refractivity contribution is 5.32. The predicted molar refractivity (Wildman–Crippen MR) is 68.1 cm³/mol. The molecule has 0 amide bonds. The van der Waals surface area contributed by atoms with Crippen molar-refractivity contribution in [1.82, 2.24) is 4.90 Å². The first-order valence-electron chi connectivity index (χ1n) is 6.14. The lowest BCUT2D eigenvalue weighted by molar-refractivity contribution is 0.0225. The SMILES string of the molecule is CO[C@H]1COCCN(Cc2cccc(C#N)c2)C1. The van der Waals surface area contributed by atoms with E-state index >= 15 is 0 Å². The maximum Gasteiger partial charge on any atom is 0.0991 e. The summed E-state index contributed by atoms with van der Waals surface area (Å²) >= 11 is 0. The molecule has 0 unspecified atom stereocenters. The average molecular weight is 246 g/mol. The molecular formula is C14H18N2O2. The van der Waals surface area contributed by atoms with Gasteiger partial charge in [0.2, 0.25) is 0 Å². The van der Waals surface area contributed by atoms with Crippen molar-refractivity contribution >= 4 is 0 Å². The molecule has 1 atom stereocenters. The van der Waals surface area contributed by atoms with Gasteiger partial charge in [-0.2, -0.15) is 5.26 Å². The lowest BCUT2D eigenvalue weighted by atomic mass is 10.1. The van der Waals surface area contributed by atoms with Gasteiger partial charge < -0.3 is 9.47 Å². The lowest BCUT2D eigenvalue weighted by Gasteiger charge is -2.22. The molecule has 1 aromatic rings. The van der Waals surface area contributed by atoms with E-state index in [1.54, 1.807) is 7.11 Å². The third-order valence-electron chi connectivity index (χ3n) is 3.11. The predicted octanol–water partition coefficient (Wildman–Crippen LogP) is 1.41. The number of ether oxygens (including phenoxy) is 2. The maximum atomic E-state index is 8.89. The van der Waals surface area contributed by atoms with Gasteiger partial charge in [-0.05, 0) is 17.7 Å². The summed E-state index contributed by atoms with van der Waals surface area (Å²) in [5, 5.41) is 8.89. The average Bonchev–Trinajstić information content (AvgIpc) is 2.64. The van der Waals surface area contributed by atoms with Gasteiger partial charge in [-0.15, -0.1) is 0 Å². The normalized spacial score (nSPS) is 21.2. The van der Waals surface area contributed by atoms with E-state index in [0.29, 0.717) is 12.2 Å². The second-order valence-corrected chi connectivity index (χ2v) is 4.48. The number of rotatable bonds is 3. The largest absolute Gasteiger partial charge is 0.378 e. The first-order valence-corrected chi connectivity index (χ1v) is 6.14. The molecule has 0 spiro atoms.